The maximum atomic E-state index is 12.9. The number of anilines is 1. The van der Waals surface area contributed by atoms with Gasteiger partial charge in [0.25, 0.3) is 0 Å². The first-order valence-corrected chi connectivity index (χ1v) is 21.6. The van der Waals surface area contributed by atoms with E-state index in [4.69, 9.17) is 59.0 Å². The molecule has 334 valence electrons. The zero-order valence-electron chi connectivity index (χ0n) is 34.8. The molecule has 1 N–H and O–H groups in total. The van der Waals surface area contributed by atoms with E-state index < -0.39 is 91.6 Å². The lowest BCUT2D eigenvalue weighted by Gasteiger charge is -2.50. The molecule has 62 heavy (non-hydrogen) atoms. The number of fused-ring (bicyclic) bond motifs is 1. The normalized spacial score (nSPS) is 28.1. The van der Waals surface area contributed by atoms with E-state index in [-0.39, 0.29) is 25.5 Å². The second-order valence-electron chi connectivity index (χ2n) is 14.8. The summed E-state index contributed by atoms with van der Waals surface area (Å²) in [6, 6.07) is 23.9. The van der Waals surface area contributed by atoms with E-state index in [9.17, 15) is 24.0 Å². The molecule has 3 saturated heterocycles. The summed E-state index contributed by atoms with van der Waals surface area (Å²) in [4.78, 5) is 62.9. The molecule has 0 aromatic heterocycles. The molecule has 0 aliphatic carbocycles. The summed E-state index contributed by atoms with van der Waals surface area (Å²) in [6.07, 6.45) is -12.9. The number of thioether (sulfide) groups is 1. The van der Waals surface area contributed by atoms with Crippen molar-refractivity contribution in [2.45, 2.75) is 121 Å². The molecule has 0 spiro atoms. The van der Waals surface area contributed by atoms with Crippen molar-refractivity contribution in [2.24, 2.45) is 0 Å². The molecule has 0 radical (unpaired) electrons. The van der Waals surface area contributed by atoms with Crippen LogP contribution in [0.1, 0.15) is 64.0 Å². The van der Waals surface area contributed by atoms with Gasteiger partial charge in [0.15, 0.2) is 43.3 Å². The minimum Gasteiger partial charge on any atom is -0.455 e. The highest BCUT2D eigenvalue weighted by atomic mass is 35.5. The largest absolute Gasteiger partial charge is 0.455 e. The molecule has 3 heterocycles. The monoisotopic (exact) mass is 899 g/mol. The molecule has 0 saturated carbocycles. The van der Waals surface area contributed by atoms with Crippen molar-refractivity contribution in [2.75, 3.05) is 17.7 Å². The van der Waals surface area contributed by atoms with Gasteiger partial charge in [-0.1, -0.05) is 78.3 Å². The van der Waals surface area contributed by atoms with Crippen LogP contribution >= 0.6 is 23.4 Å². The SMILES string of the molecule is CC(=O)Nc1cc(CO[C@@H]2O[C@H](CCSCc3ccccc3)[C@@H](O[C@H]3O[C@@H]4COC(c5ccccc5)O[C@H]4[C@H](OC(C)=O)[C@H]3OC(C)=O)[C@H](OC(C)=O)[C@H]2OC(C)=O)ccc1Cl. The highest BCUT2D eigenvalue weighted by Crippen LogP contribution is 2.40. The van der Waals surface area contributed by atoms with Crippen LogP contribution < -0.4 is 5.32 Å². The number of carbonyl (C=O) groups is 5. The van der Waals surface area contributed by atoms with Crippen LogP contribution in [0.15, 0.2) is 78.9 Å². The van der Waals surface area contributed by atoms with Crippen LogP contribution in [0.2, 0.25) is 5.02 Å². The van der Waals surface area contributed by atoms with E-state index in [1.54, 1.807) is 30.0 Å². The Kier molecular flexibility index (Phi) is 16.8. The van der Waals surface area contributed by atoms with Gasteiger partial charge < -0.3 is 52.7 Å². The molecule has 16 nitrogen and oxygen atoms in total. The van der Waals surface area contributed by atoms with Crippen molar-refractivity contribution in [1.82, 2.24) is 0 Å². The van der Waals surface area contributed by atoms with Gasteiger partial charge in [-0.15, -0.1) is 0 Å². The van der Waals surface area contributed by atoms with Gasteiger partial charge in [0.2, 0.25) is 5.91 Å². The summed E-state index contributed by atoms with van der Waals surface area (Å²) in [7, 11) is 0. The second kappa shape index (κ2) is 22.2. The number of ether oxygens (including phenoxy) is 10. The van der Waals surface area contributed by atoms with Crippen molar-refractivity contribution < 1.29 is 71.3 Å². The third-order valence-electron chi connectivity index (χ3n) is 9.86. The van der Waals surface area contributed by atoms with Crippen LogP contribution in [0, 0.1) is 0 Å². The molecule has 3 aromatic rings. The van der Waals surface area contributed by atoms with E-state index >= 15 is 0 Å². The van der Waals surface area contributed by atoms with E-state index in [0.29, 0.717) is 33.3 Å². The highest BCUT2D eigenvalue weighted by Gasteiger charge is 2.58. The zero-order valence-corrected chi connectivity index (χ0v) is 36.4. The fourth-order valence-electron chi connectivity index (χ4n) is 7.38. The molecular formula is C44H50ClNO15S. The number of amides is 1. The molecular weight excluding hydrogens is 850 g/mol. The molecule has 0 bridgehead atoms. The number of halogens is 1. The number of nitrogens with one attached hydrogen (secondary N) is 1. The van der Waals surface area contributed by atoms with Crippen molar-refractivity contribution in [3.63, 3.8) is 0 Å². The smallest absolute Gasteiger partial charge is 0.303 e. The average molecular weight is 900 g/mol. The topological polar surface area (TPSA) is 190 Å². The summed E-state index contributed by atoms with van der Waals surface area (Å²) in [5, 5.41) is 2.98. The lowest BCUT2D eigenvalue weighted by atomic mass is 9.94. The minimum absolute atomic E-state index is 0.0386. The summed E-state index contributed by atoms with van der Waals surface area (Å²) in [5.41, 5.74) is 2.74. The summed E-state index contributed by atoms with van der Waals surface area (Å²) in [6.45, 7) is 5.96. The van der Waals surface area contributed by atoms with Gasteiger partial charge in [0.1, 0.15) is 18.3 Å². The van der Waals surface area contributed by atoms with Gasteiger partial charge in [-0.3, -0.25) is 24.0 Å². The number of carbonyl (C=O) groups excluding carboxylic acids is 5. The highest BCUT2D eigenvalue weighted by molar-refractivity contribution is 7.98. The predicted octanol–water partition coefficient (Wildman–Crippen LogP) is 5.81. The van der Waals surface area contributed by atoms with Crippen molar-refractivity contribution in [3.8, 4) is 0 Å². The van der Waals surface area contributed by atoms with Crippen LogP contribution in [-0.2, 0) is 83.7 Å². The molecule has 1 amide bonds. The van der Waals surface area contributed by atoms with Crippen molar-refractivity contribution >= 4 is 58.8 Å². The molecule has 3 aromatic carbocycles. The molecule has 3 aliphatic rings. The van der Waals surface area contributed by atoms with Crippen molar-refractivity contribution in [3.05, 3.63) is 101 Å². The number of benzene rings is 3. The molecule has 18 heteroatoms. The maximum Gasteiger partial charge on any atom is 0.303 e. The molecule has 3 aliphatic heterocycles. The van der Waals surface area contributed by atoms with E-state index in [0.717, 1.165) is 5.56 Å². The van der Waals surface area contributed by atoms with Gasteiger partial charge in [0.05, 0.1) is 30.0 Å². The van der Waals surface area contributed by atoms with Gasteiger partial charge in [0, 0.05) is 45.9 Å². The van der Waals surface area contributed by atoms with Crippen LogP contribution in [0.4, 0.5) is 5.69 Å². The number of esters is 4. The van der Waals surface area contributed by atoms with Crippen LogP contribution in [0.3, 0.4) is 0 Å². The Bertz CT molecular complexity index is 2010. The minimum atomic E-state index is -1.49. The van der Waals surface area contributed by atoms with Crippen molar-refractivity contribution in [1.29, 1.82) is 0 Å². The third-order valence-corrected chi connectivity index (χ3v) is 11.3. The Balaban J connectivity index is 1.33. The van der Waals surface area contributed by atoms with E-state index in [1.807, 2.05) is 60.7 Å². The van der Waals surface area contributed by atoms with Crippen LogP contribution in [0.25, 0.3) is 0 Å². The predicted molar refractivity (Wildman–Crippen MR) is 222 cm³/mol. The Morgan fingerprint density at radius 2 is 1.31 bits per heavy atom. The first-order valence-electron chi connectivity index (χ1n) is 20.0. The van der Waals surface area contributed by atoms with Crippen LogP contribution in [-0.4, -0.2) is 104 Å². The first-order chi connectivity index (χ1) is 29.7. The summed E-state index contributed by atoms with van der Waals surface area (Å²) >= 11 is 7.93. The van der Waals surface area contributed by atoms with Gasteiger partial charge >= 0.3 is 23.9 Å². The van der Waals surface area contributed by atoms with E-state index in [1.165, 1.54) is 34.6 Å². The van der Waals surface area contributed by atoms with Gasteiger partial charge in [-0.25, -0.2) is 0 Å². The number of rotatable bonds is 16. The van der Waals surface area contributed by atoms with Gasteiger partial charge in [-0.2, -0.15) is 11.8 Å². The standard InChI is InChI=1S/C44H50ClNO15S/c1-24(47)46-33-20-30(16-17-32(33)45)21-52-43-40(56-27(4)50)38(54-25(2)48)36(34(58-43)18-19-62-23-29-12-8-6-9-13-29)61-44-41(57-28(5)51)39(55-26(3)49)37-35(59-44)22-53-42(60-37)31-14-10-7-11-15-31/h6-17,20,34-44H,18-19,21-23H2,1-5H3,(H,46,47)/t34-,35-,36-,37-,38+,39+,40-,41-,42?,43-,44-/m1/s1. The van der Waals surface area contributed by atoms with Crippen LogP contribution in [0.5, 0.6) is 0 Å². The molecule has 1 unspecified atom stereocenters. The fourth-order valence-corrected chi connectivity index (χ4v) is 8.51. The van der Waals surface area contributed by atoms with E-state index in [2.05, 4.69) is 5.32 Å². The average Bonchev–Trinajstić information content (AvgIpc) is 3.22. The lowest BCUT2D eigenvalue weighted by molar-refractivity contribution is -0.385. The number of hydrogen-bond acceptors (Lipinski definition) is 16. The summed E-state index contributed by atoms with van der Waals surface area (Å²) in [5.74, 6) is -2.06. The fraction of sp³-hybridized carbons (Fsp3) is 0.477. The molecule has 3 fully saturated rings. The Labute approximate surface area is 368 Å². The first kappa shape index (κ1) is 46.9. The molecule has 6 rings (SSSR count). The Morgan fingerprint density at radius 1 is 0.694 bits per heavy atom. The number of hydrogen-bond donors (Lipinski definition) is 1. The second-order valence-corrected chi connectivity index (χ2v) is 16.3. The Morgan fingerprint density at radius 3 is 1.95 bits per heavy atom. The lowest BCUT2D eigenvalue weighted by Crippen LogP contribution is -2.67. The quantitative estimate of drug-likeness (QED) is 0.103. The summed E-state index contributed by atoms with van der Waals surface area (Å²) < 4.78 is 61.8. The maximum absolute atomic E-state index is 12.9. The Hall–Kier alpha value is -4.59. The zero-order chi connectivity index (χ0) is 44.3. The van der Waals surface area contributed by atoms with Gasteiger partial charge in [-0.05, 0) is 35.4 Å². The molecule has 11 atom stereocenters. The third kappa shape index (κ3) is 12.8.